The second-order valence-electron chi connectivity index (χ2n) is 3.11. The first kappa shape index (κ1) is 11.6. The van der Waals surface area contributed by atoms with Crippen molar-refractivity contribution in [2.75, 3.05) is 0 Å². The summed E-state index contributed by atoms with van der Waals surface area (Å²) in [5.41, 5.74) is 1.06. The molecule has 1 heterocycles. The van der Waals surface area contributed by atoms with Gasteiger partial charge < -0.3 is 0 Å². The number of pyridine rings is 1. The Morgan fingerprint density at radius 2 is 1.62 bits per heavy atom. The number of hydrogen-bond donors (Lipinski definition) is 0. The quantitative estimate of drug-likeness (QED) is 0.679. The predicted molar refractivity (Wildman–Crippen MR) is 64.7 cm³/mol. The summed E-state index contributed by atoms with van der Waals surface area (Å²) in [5.74, 6) is -0.615. The van der Waals surface area contributed by atoms with Crippen LogP contribution in [0, 0.1) is 5.95 Å². The Balaban J connectivity index is 2.66. The van der Waals surface area contributed by atoms with E-state index in [0.29, 0.717) is 26.2 Å². The minimum atomic E-state index is -0.615. The van der Waals surface area contributed by atoms with E-state index in [1.165, 1.54) is 12.3 Å². The summed E-state index contributed by atoms with van der Waals surface area (Å²) in [5, 5.41) is 1.29. The molecule has 0 saturated heterocycles. The number of halogens is 4. The maximum absolute atomic E-state index is 13.0. The van der Waals surface area contributed by atoms with Crippen LogP contribution in [-0.2, 0) is 0 Å². The van der Waals surface area contributed by atoms with Crippen molar-refractivity contribution in [3.05, 3.63) is 51.5 Å². The molecule has 0 spiro atoms. The fourth-order valence-corrected chi connectivity index (χ4v) is 1.92. The number of hydrogen-bond acceptors (Lipinski definition) is 1. The lowest BCUT2D eigenvalue weighted by Gasteiger charge is -2.07. The van der Waals surface area contributed by atoms with Gasteiger partial charge in [-0.05, 0) is 18.2 Å². The molecule has 0 fully saturated rings. The minimum absolute atomic E-state index is 0.325. The molecule has 2 rings (SSSR count). The van der Waals surface area contributed by atoms with E-state index in [4.69, 9.17) is 34.8 Å². The fraction of sp³-hybridized carbons (Fsp3) is 0. The first-order chi connectivity index (χ1) is 7.58. The Morgan fingerprint density at radius 1 is 0.938 bits per heavy atom. The third-order valence-electron chi connectivity index (χ3n) is 2.04. The Hall–Kier alpha value is -0.830. The van der Waals surface area contributed by atoms with E-state index in [1.807, 2.05) is 0 Å². The monoisotopic (exact) mass is 275 g/mol. The number of rotatable bonds is 1. The molecule has 0 radical (unpaired) electrons. The molecular formula is C11H5Cl3FN. The van der Waals surface area contributed by atoms with E-state index >= 15 is 0 Å². The lowest BCUT2D eigenvalue weighted by molar-refractivity contribution is 0.584. The molecule has 16 heavy (non-hydrogen) atoms. The van der Waals surface area contributed by atoms with Crippen LogP contribution in [0.15, 0.2) is 30.5 Å². The zero-order valence-corrected chi connectivity index (χ0v) is 10.1. The Bertz CT molecular complexity index is 493. The van der Waals surface area contributed by atoms with Gasteiger partial charge in [-0.15, -0.1) is 0 Å². The van der Waals surface area contributed by atoms with Crippen molar-refractivity contribution in [2.45, 2.75) is 0 Å². The topological polar surface area (TPSA) is 12.9 Å². The first-order valence-electron chi connectivity index (χ1n) is 4.34. The van der Waals surface area contributed by atoms with Gasteiger partial charge in [0.1, 0.15) is 0 Å². The van der Waals surface area contributed by atoms with Crippen molar-refractivity contribution in [3.63, 3.8) is 0 Å². The van der Waals surface area contributed by atoms with Crippen LogP contribution in [-0.4, -0.2) is 4.98 Å². The zero-order chi connectivity index (χ0) is 11.7. The van der Waals surface area contributed by atoms with Crippen LogP contribution in [0.1, 0.15) is 0 Å². The fourth-order valence-electron chi connectivity index (χ4n) is 1.32. The molecular weight excluding hydrogens is 271 g/mol. The van der Waals surface area contributed by atoms with E-state index in [0.717, 1.165) is 0 Å². The van der Waals surface area contributed by atoms with E-state index < -0.39 is 5.95 Å². The minimum Gasteiger partial charge on any atom is -0.227 e. The van der Waals surface area contributed by atoms with Crippen LogP contribution < -0.4 is 0 Å². The summed E-state index contributed by atoms with van der Waals surface area (Å²) in [6.45, 7) is 0. The van der Waals surface area contributed by atoms with Gasteiger partial charge in [0.25, 0.3) is 0 Å². The molecule has 0 saturated carbocycles. The van der Waals surface area contributed by atoms with Gasteiger partial charge in [-0.1, -0.05) is 34.8 Å². The van der Waals surface area contributed by atoms with Gasteiger partial charge in [0.05, 0.1) is 5.02 Å². The number of nitrogens with zero attached hydrogens (tertiary/aromatic N) is 1. The summed E-state index contributed by atoms with van der Waals surface area (Å²) < 4.78 is 13.0. The van der Waals surface area contributed by atoms with Gasteiger partial charge in [0.2, 0.25) is 5.95 Å². The van der Waals surface area contributed by atoms with Crippen LogP contribution in [0.4, 0.5) is 4.39 Å². The van der Waals surface area contributed by atoms with E-state index in [1.54, 1.807) is 18.2 Å². The molecule has 1 aromatic heterocycles. The molecule has 0 bridgehead atoms. The lowest BCUT2D eigenvalue weighted by Crippen LogP contribution is -1.87. The van der Waals surface area contributed by atoms with Crippen LogP contribution in [0.5, 0.6) is 0 Å². The highest BCUT2D eigenvalue weighted by Gasteiger charge is 2.10. The molecule has 0 aliphatic heterocycles. The van der Waals surface area contributed by atoms with Gasteiger partial charge >= 0.3 is 0 Å². The highest BCUT2D eigenvalue weighted by atomic mass is 35.5. The largest absolute Gasteiger partial charge is 0.227 e. The smallest absolute Gasteiger partial charge is 0.213 e. The highest BCUT2D eigenvalue weighted by Crippen LogP contribution is 2.34. The lowest BCUT2D eigenvalue weighted by atomic mass is 10.1. The first-order valence-corrected chi connectivity index (χ1v) is 5.48. The van der Waals surface area contributed by atoms with Crippen molar-refractivity contribution >= 4 is 34.8 Å². The van der Waals surface area contributed by atoms with E-state index in [9.17, 15) is 4.39 Å². The van der Waals surface area contributed by atoms with E-state index in [2.05, 4.69) is 4.98 Å². The molecule has 0 aliphatic carbocycles. The third kappa shape index (κ3) is 2.29. The molecule has 2 aromatic rings. The Morgan fingerprint density at radius 3 is 2.38 bits per heavy atom. The van der Waals surface area contributed by atoms with Crippen molar-refractivity contribution in [3.8, 4) is 11.1 Å². The van der Waals surface area contributed by atoms with Crippen LogP contribution in [0.25, 0.3) is 11.1 Å². The van der Waals surface area contributed by atoms with E-state index in [-0.39, 0.29) is 0 Å². The van der Waals surface area contributed by atoms with Gasteiger partial charge in [-0.25, -0.2) is 4.98 Å². The number of aromatic nitrogens is 1. The molecule has 1 nitrogen and oxygen atoms in total. The summed E-state index contributed by atoms with van der Waals surface area (Å²) in [4.78, 5) is 3.44. The van der Waals surface area contributed by atoms with Gasteiger partial charge in [0.15, 0.2) is 0 Å². The second-order valence-corrected chi connectivity index (χ2v) is 4.36. The molecule has 0 amide bonds. The number of benzene rings is 1. The normalized spacial score (nSPS) is 10.5. The molecule has 0 unspecified atom stereocenters. The molecule has 5 heteroatoms. The highest BCUT2D eigenvalue weighted by molar-refractivity contribution is 6.37. The van der Waals surface area contributed by atoms with Crippen LogP contribution in [0.2, 0.25) is 15.1 Å². The van der Waals surface area contributed by atoms with Crippen molar-refractivity contribution < 1.29 is 4.39 Å². The van der Waals surface area contributed by atoms with Crippen LogP contribution in [0.3, 0.4) is 0 Å². The maximum Gasteiger partial charge on any atom is 0.213 e. The second kappa shape index (κ2) is 4.58. The van der Waals surface area contributed by atoms with Crippen molar-refractivity contribution in [1.29, 1.82) is 0 Å². The maximum atomic E-state index is 13.0. The molecule has 82 valence electrons. The van der Waals surface area contributed by atoms with Gasteiger partial charge in [-0.3, -0.25) is 0 Å². The van der Waals surface area contributed by atoms with Gasteiger partial charge in [-0.2, -0.15) is 4.39 Å². The van der Waals surface area contributed by atoms with Crippen LogP contribution >= 0.6 is 34.8 Å². The Labute approximate surface area is 107 Å². The molecule has 0 atom stereocenters. The third-order valence-corrected chi connectivity index (χ3v) is 2.91. The average Bonchev–Trinajstić information content (AvgIpc) is 2.25. The van der Waals surface area contributed by atoms with Crippen molar-refractivity contribution in [2.24, 2.45) is 0 Å². The Kier molecular flexibility index (Phi) is 3.33. The van der Waals surface area contributed by atoms with Gasteiger partial charge in [0, 0.05) is 33.4 Å². The SMILES string of the molecule is Fc1cc(-c2cc(Cl)ccc2Cl)c(Cl)cn1. The standard InChI is InChI=1S/C11H5Cl3FN/c12-6-1-2-9(13)7(3-6)8-4-11(15)16-5-10(8)14/h1-5H. The predicted octanol–water partition coefficient (Wildman–Crippen LogP) is 4.85. The zero-order valence-electron chi connectivity index (χ0n) is 7.85. The summed E-state index contributed by atoms with van der Waals surface area (Å²) >= 11 is 17.8. The van der Waals surface area contributed by atoms with Crippen molar-refractivity contribution in [1.82, 2.24) is 4.98 Å². The molecule has 0 N–H and O–H groups in total. The summed E-state index contributed by atoms with van der Waals surface area (Å²) in [6, 6.07) is 6.14. The summed E-state index contributed by atoms with van der Waals surface area (Å²) in [7, 11) is 0. The summed E-state index contributed by atoms with van der Waals surface area (Å²) in [6.07, 6.45) is 1.24. The molecule has 1 aromatic carbocycles. The molecule has 0 aliphatic rings. The average molecular weight is 277 g/mol.